The van der Waals surface area contributed by atoms with Crippen molar-refractivity contribution in [1.29, 1.82) is 0 Å². The summed E-state index contributed by atoms with van der Waals surface area (Å²) in [6.07, 6.45) is 1.49. The molecule has 0 aliphatic rings. The molecule has 0 atom stereocenters. The lowest BCUT2D eigenvalue weighted by Gasteiger charge is -1.86. The first-order valence-electron chi connectivity index (χ1n) is 2.37. The zero-order valence-electron chi connectivity index (χ0n) is 4.66. The first-order valence-corrected chi connectivity index (χ1v) is 3.25. The van der Waals surface area contributed by atoms with Gasteiger partial charge in [-0.15, -0.1) is 11.3 Å². The van der Waals surface area contributed by atoms with Crippen LogP contribution < -0.4 is 0 Å². The molecule has 0 unspecified atom stereocenters. The van der Waals surface area contributed by atoms with E-state index in [1.54, 1.807) is 5.38 Å². The highest BCUT2D eigenvalue weighted by Gasteiger charge is 2.04. The molecule has 0 aromatic carbocycles. The number of hydrogen-bond acceptors (Lipinski definition) is 3. The highest BCUT2D eigenvalue weighted by Crippen LogP contribution is 2.35. The average Bonchev–Trinajstić information content (AvgIpc) is 2.15. The third kappa shape index (κ3) is 0.907. The molecule has 0 saturated heterocycles. The molecule has 2 N–H and O–H groups in total. The van der Waals surface area contributed by atoms with Crippen LogP contribution in [0, 0.1) is 0 Å². The van der Waals surface area contributed by atoms with Gasteiger partial charge in [-0.05, 0) is 0 Å². The maximum Gasteiger partial charge on any atom is 0.214 e. The van der Waals surface area contributed by atoms with E-state index in [1.165, 1.54) is 6.08 Å². The zero-order chi connectivity index (χ0) is 6.85. The predicted octanol–water partition coefficient (Wildman–Crippen LogP) is 1.80. The van der Waals surface area contributed by atoms with Gasteiger partial charge in [-0.2, -0.15) is 0 Å². The molecule has 0 spiro atoms. The lowest BCUT2D eigenvalue weighted by molar-refractivity contribution is 0.415. The second kappa shape index (κ2) is 2.11. The summed E-state index contributed by atoms with van der Waals surface area (Å²) in [5.74, 6) is -0.0741. The van der Waals surface area contributed by atoms with Gasteiger partial charge in [0.2, 0.25) is 5.06 Å². The summed E-state index contributed by atoms with van der Waals surface area (Å²) in [5, 5.41) is 19.3. The maximum absolute atomic E-state index is 8.93. The third-order valence-electron chi connectivity index (χ3n) is 0.993. The van der Waals surface area contributed by atoms with Gasteiger partial charge < -0.3 is 10.2 Å². The minimum atomic E-state index is -0.0741. The molecule has 1 heterocycles. The Morgan fingerprint density at radius 3 is 2.44 bits per heavy atom. The Balaban J connectivity index is 3.18. The number of hydrogen-bond donors (Lipinski definition) is 2. The molecule has 1 aromatic heterocycles. The van der Waals surface area contributed by atoms with E-state index in [0.717, 1.165) is 11.3 Å². The maximum atomic E-state index is 8.93. The molecular weight excluding hydrogens is 136 g/mol. The summed E-state index contributed by atoms with van der Waals surface area (Å²) in [5.41, 5.74) is 0.581. The molecule has 0 bridgehead atoms. The van der Waals surface area contributed by atoms with Crippen molar-refractivity contribution in [2.45, 2.75) is 0 Å². The van der Waals surface area contributed by atoms with Gasteiger partial charge in [-0.1, -0.05) is 12.7 Å². The van der Waals surface area contributed by atoms with E-state index in [4.69, 9.17) is 10.2 Å². The van der Waals surface area contributed by atoms with Gasteiger partial charge in [0, 0.05) is 10.9 Å². The monoisotopic (exact) mass is 142 g/mol. The van der Waals surface area contributed by atoms with Crippen molar-refractivity contribution in [2.24, 2.45) is 0 Å². The summed E-state index contributed by atoms with van der Waals surface area (Å²) in [6, 6.07) is 0. The average molecular weight is 142 g/mol. The SMILES string of the molecule is C=Cc1csc(O)c1O. The molecule has 9 heavy (non-hydrogen) atoms. The number of aromatic hydroxyl groups is 2. The van der Waals surface area contributed by atoms with Crippen LogP contribution in [0.4, 0.5) is 0 Å². The zero-order valence-corrected chi connectivity index (χ0v) is 5.48. The first-order chi connectivity index (χ1) is 4.25. The van der Waals surface area contributed by atoms with E-state index < -0.39 is 0 Å². The molecule has 1 rings (SSSR count). The Kier molecular flexibility index (Phi) is 1.44. The van der Waals surface area contributed by atoms with Crippen LogP contribution in [-0.4, -0.2) is 10.2 Å². The standard InChI is InChI=1S/C6H6O2S/c1-2-4-3-9-6(8)5(4)7/h2-3,7-8H,1H2. The van der Waals surface area contributed by atoms with Gasteiger partial charge in [0.15, 0.2) is 5.75 Å². The lowest BCUT2D eigenvalue weighted by Crippen LogP contribution is -1.61. The Labute approximate surface area is 56.7 Å². The van der Waals surface area contributed by atoms with Crippen LogP contribution in [0.1, 0.15) is 5.56 Å². The topological polar surface area (TPSA) is 40.5 Å². The first kappa shape index (κ1) is 6.16. The highest BCUT2D eigenvalue weighted by molar-refractivity contribution is 7.12. The second-order valence-corrected chi connectivity index (χ2v) is 2.41. The van der Waals surface area contributed by atoms with Crippen LogP contribution in [0.5, 0.6) is 10.8 Å². The molecule has 0 saturated carbocycles. The van der Waals surface area contributed by atoms with Crippen molar-refractivity contribution in [3.63, 3.8) is 0 Å². The minimum Gasteiger partial charge on any atom is -0.503 e. The predicted molar refractivity (Wildman–Crippen MR) is 37.7 cm³/mol. The number of thiophene rings is 1. The molecule has 0 amide bonds. The Bertz CT molecular complexity index is 227. The summed E-state index contributed by atoms with van der Waals surface area (Å²) < 4.78 is 0. The largest absolute Gasteiger partial charge is 0.503 e. The fourth-order valence-corrected chi connectivity index (χ4v) is 1.18. The van der Waals surface area contributed by atoms with Gasteiger partial charge in [-0.3, -0.25) is 0 Å². The summed E-state index contributed by atoms with van der Waals surface area (Å²) in [7, 11) is 0. The molecule has 48 valence electrons. The van der Waals surface area contributed by atoms with Gasteiger partial charge >= 0.3 is 0 Å². The molecular formula is C6H6O2S. The fraction of sp³-hybridized carbons (Fsp3) is 0. The van der Waals surface area contributed by atoms with E-state index in [2.05, 4.69) is 6.58 Å². The van der Waals surface area contributed by atoms with Crippen LogP contribution >= 0.6 is 11.3 Å². The smallest absolute Gasteiger partial charge is 0.214 e. The van der Waals surface area contributed by atoms with Crippen molar-refractivity contribution >= 4 is 17.4 Å². The van der Waals surface area contributed by atoms with Crippen LogP contribution in [-0.2, 0) is 0 Å². The van der Waals surface area contributed by atoms with Crippen LogP contribution in [0.2, 0.25) is 0 Å². The summed E-state index contributed by atoms with van der Waals surface area (Å²) in [6.45, 7) is 3.44. The lowest BCUT2D eigenvalue weighted by atomic mass is 10.3. The molecule has 0 radical (unpaired) electrons. The summed E-state index contributed by atoms with van der Waals surface area (Å²) in [4.78, 5) is 0. The molecule has 0 aliphatic carbocycles. The van der Waals surface area contributed by atoms with Crippen LogP contribution in [0.15, 0.2) is 12.0 Å². The van der Waals surface area contributed by atoms with Gasteiger partial charge in [-0.25, -0.2) is 0 Å². The highest BCUT2D eigenvalue weighted by atomic mass is 32.1. The van der Waals surface area contributed by atoms with Gasteiger partial charge in [0.1, 0.15) is 0 Å². The fourth-order valence-electron chi connectivity index (χ4n) is 0.499. The molecule has 1 aromatic rings. The Morgan fingerprint density at radius 2 is 2.22 bits per heavy atom. The van der Waals surface area contributed by atoms with E-state index >= 15 is 0 Å². The van der Waals surface area contributed by atoms with Crippen molar-refractivity contribution in [1.82, 2.24) is 0 Å². The normalized spacial score (nSPS) is 9.33. The molecule has 3 heteroatoms. The van der Waals surface area contributed by atoms with E-state index in [1.807, 2.05) is 0 Å². The van der Waals surface area contributed by atoms with Crippen molar-refractivity contribution in [2.75, 3.05) is 0 Å². The van der Waals surface area contributed by atoms with Gasteiger partial charge in [0.05, 0.1) is 0 Å². The van der Waals surface area contributed by atoms with E-state index in [-0.39, 0.29) is 10.8 Å². The number of rotatable bonds is 1. The second-order valence-electron chi connectivity index (χ2n) is 1.55. The van der Waals surface area contributed by atoms with E-state index in [9.17, 15) is 0 Å². The van der Waals surface area contributed by atoms with Crippen molar-refractivity contribution in [3.05, 3.63) is 17.5 Å². The molecule has 2 nitrogen and oxygen atoms in total. The van der Waals surface area contributed by atoms with Crippen molar-refractivity contribution in [3.8, 4) is 10.8 Å². The van der Waals surface area contributed by atoms with Gasteiger partial charge in [0.25, 0.3) is 0 Å². The van der Waals surface area contributed by atoms with Crippen molar-refractivity contribution < 1.29 is 10.2 Å². The summed E-state index contributed by atoms with van der Waals surface area (Å²) >= 11 is 1.09. The third-order valence-corrected chi connectivity index (χ3v) is 1.78. The minimum absolute atomic E-state index is 0.0510. The Hall–Kier alpha value is -0.960. The van der Waals surface area contributed by atoms with Crippen LogP contribution in [0.3, 0.4) is 0 Å². The molecule has 0 aliphatic heterocycles. The van der Waals surface area contributed by atoms with Crippen LogP contribution in [0.25, 0.3) is 6.08 Å². The quantitative estimate of drug-likeness (QED) is 0.627. The Morgan fingerprint density at radius 1 is 1.56 bits per heavy atom. The molecule has 0 fully saturated rings. The van der Waals surface area contributed by atoms with E-state index in [0.29, 0.717) is 5.56 Å².